The SMILES string of the molecule is CC(C)(C)OC(O)N1CCC(C)(C(=O)N2CCCC2)CC1. The van der Waals surface area contributed by atoms with Gasteiger partial charge in [0.25, 0.3) is 0 Å². The molecule has 0 saturated carbocycles. The van der Waals surface area contributed by atoms with E-state index >= 15 is 0 Å². The predicted molar refractivity (Wildman–Crippen MR) is 81.6 cm³/mol. The van der Waals surface area contributed by atoms with E-state index in [-0.39, 0.29) is 11.0 Å². The topological polar surface area (TPSA) is 53.0 Å². The summed E-state index contributed by atoms with van der Waals surface area (Å²) in [5.74, 6) is 0.297. The molecule has 21 heavy (non-hydrogen) atoms. The Hall–Kier alpha value is -0.650. The molecule has 0 bridgehead atoms. The summed E-state index contributed by atoms with van der Waals surface area (Å²) in [7, 11) is 0. The van der Waals surface area contributed by atoms with Gasteiger partial charge in [-0.05, 0) is 46.5 Å². The van der Waals surface area contributed by atoms with Gasteiger partial charge in [0.15, 0.2) is 0 Å². The Morgan fingerprint density at radius 2 is 1.67 bits per heavy atom. The van der Waals surface area contributed by atoms with Gasteiger partial charge in [0, 0.05) is 31.6 Å². The Labute approximate surface area is 128 Å². The third kappa shape index (κ3) is 4.18. The molecule has 5 nitrogen and oxygen atoms in total. The van der Waals surface area contributed by atoms with Crippen molar-refractivity contribution in [2.45, 2.75) is 65.4 Å². The number of hydrogen-bond acceptors (Lipinski definition) is 4. The summed E-state index contributed by atoms with van der Waals surface area (Å²) in [6.45, 7) is 11.1. The molecule has 1 amide bonds. The summed E-state index contributed by atoms with van der Waals surface area (Å²) >= 11 is 0. The molecule has 5 heteroatoms. The lowest BCUT2D eigenvalue weighted by molar-refractivity contribution is -0.245. The van der Waals surface area contributed by atoms with Gasteiger partial charge in [-0.3, -0.25) is 9.69 Å². The van der Waals surface area contributed by atoms with Crippen molar-refractivity contribution in [2.24, 2.45) is 5.41 Å². The molecule has 1 unspecified atom stereocenters. The summed E-state index contributed by atoms with van der Waals surface area (Å²) in [4.78, 5) is 16.6. The molecule has 2 fully saturated rings. The largest absolute Gasteiger partial charge is 0.356 e. The minimum atomic E-state index is -0.878. The van der Waals surface area contributed by atoms with Crippen molar-refractivity contribution in [1.82, 2.24) is 9.80 Å². The van der Waals surface area contributed by atoms with E-state index in [9.17, 15) is 9.90 Å². The van der Waals surface area contributed by atoms with Crippen LogP contribution in [0.3, 0.4) is 0 Å². The Morgan fingerprint density at radius 1 is 1.14 bits per heavy atom. The molecule has 0 aromatic heterocycles. The molecule has 0 aromatic rings. The molecular formula is C16H30N2O3. The van der Waals surface area contributed by atoms with Gasteiger partial charge in [0.05, 0.1) is 5.60 Å². The zero-order valence-corrected chi connectivity index (χ0v) is 13.9. The average Bonchev–Trinajstić information content (AvgIpc) is 2.90. The van der Waals surface area contributed by atoms with E-state index in [4.69, 9.17) is 4.74 Å². The highest BCUT2D eigenvalue weighted by Crippen LogP contribution is 2.34. The van der Waals surface area contributed by atoms with Gasteiger partial charge in [-0.15, -0.1) is 0 Å². The van der Waals surface area contributed by atoms with E-state index in [0.717, 1.165) is 38.8 Å². The van der Waals surface area contributed by atoms with E-state index < -0.39 is 6.41 Å². The van der Waals surface area contributed by atoms with Crippen LogP contribution in [0.1, 0.15) is 53.4 Å². The van der Waals surface area contributed by atoms with Crippen molar-refractivity contribution < 1.29 is 14.6 Å². The molecule has 1 N–H and O–H groups in total. The molecule has 122 valence electrons. The lowest BCUT2D eigenvalue weighted by Crippen LogP contribution is -2.52. The molecule has 2 rings (SSSR count). The second-order valence-corrected chi connectivity index (χ2v) is 7.65. The van der Waals surface area contributed by atoms with E-state index in [1.54, 1.807) is 0 Å². The fourth-order valence-corrected chi connectivity index (χ4v) is 3.14. The van der Waals surface area contributed by atoms with Gasteiger partial charge >= 0.3 is 0 Å². The molecule has 1 atom stereocenters. The smallest absolute Gasteiger partial charge is 0.228 e. The number of carbonyl (C=O) groups is 1. The number of carbonyl (C=O) groups excluding carboxylic acids is 1. The van der Waals surface area contributed by atoms with Crippen molar-refractivity contribution in [3.63, 3.8) is 0 Å². The monoisotopic (exact) mass is 298 g/mol. The summed E-state index contributed by atoms with van der Waals surface area (Å²) in [6, 6.07) is 0. The zero-order chi connectivity index (χ0) is 15.7. The normalized spacial score (nSPS) is 25.1. The number of piperidine rings is 1. The van der Waals surface area contributed by atoms with Crippen LogP contribution in [-0.4, -0.2) is 59.0 Å². The van der Waals surface area contributed by atoms with E-state index in [0.29, 0.717) is 19.0 Å². The molecule has 0 radical (unpaired) electrons. The Kier molecular flexibility index (Phi) is 4.96. The number of aliphatic hydroxyl groups is 1. The number of rotatable bonds is 3. The predicted octanol–water partition coefficient (Wildman–Crippen LogP) is 1.80. The van der Waals surface area contributed by atoms with Crippen LogP contribution in [-0.2, 0) is 9.53 Å². The maximum absolute atomic E-state index is 12.6. The maximum atomic E-state index is 12.6. The standard InChI is InChI=1S/C16H30N2O3/c1-15(2,3)21-14(20)18-11-7-16(4,8-12-18)13(19)17-9-5-6-10-17/h14,20H,5-12H2,1-4H3. The third-order valence-corrected chi connectivity index (χ3v) is 4.58. The van der Waals surface area contributed by atoms with Gasteiger partial charge < -0.3 is 14.7 Å². The third-order valence-electron chi connectivity index (χ3n) is 4.58. The Balaban J connectivity index is 1.88. The summed E-state index contributed by atoms with van der Waals surface area (Å²) < 4.78 is 5.59. The fraction of sp³-hybridized carbons (Fsp3) is 0.938. The van der Waals surface area contributed by atoms with Crippen LogP contribution in [0.15, 0.2) is 0 Å². The second kappa shape index (κ2) is 6.23. The number of likely N-dealkylation sites (tertiary alicyclic amines) is 2. The van der Waals surface area contributed by atoms with E-state index in [1.807, 2.05) is 30.6 Å². The fourth-order valence-electron chi connectivity index (χ4n) is 3.14. The van der Waals surface area contributed by atoms with Crippen LogP contribution in [0, 0.1) is 5.41 Å². The van der Waals surface area contributed by atoms with Crippen molar-refractivity contribution in [3.05, 3.63) is 0 Å². The van der Waals surface area contributed by atoms with Gasteiger partial charge in [-0.2, -0.15) is 0 Å². The Bertz CT molecular complexity index is 364. The number of ether oxygens (including phenoxy) is 1. The van der Waals surface area contributed by atoms with Gasteiger partial charge in [0.2, 0.25) is 12.3 Å². The lowest BCUT2D eigenvalue weighted by atomic mass is 9.79. The number of aliphatic hydroxyl groups excluding tert-OH is 1. The quantitative estimate of drug-likeness (QED) is 0.807. The molecule has 0 aromatic carbocycles. The lowest BCUT2D eigenvalue weighted by Gasteiger charge is -2.42. The maximum Gasteiger partial charge on any atom is 0.228 e. The highest BCUT2D eigenvalue weighted by Gasteiger charge is 2.41. The minimum absolute atomic E-state index is 0.276. The van der Waals surface area contributed by atoms with E-state index in [1.165, 1.54) is 0 Å². The first kappa shape index (κ1) is 16.7. The van der Waals surface area contributed by atoms with Crippen molar-refractivity contribution in [2.75, 3.05) is 26.2 Å². The molecule has 2 aliphatic heterocycles. The molecule has 0 aliphatic carbocycles. The summed E-state index contributed by atoms with van der Waals surface area (Å²) in [6.07, 6.45) is 2.95. The first-order valence-corrected chi connectivity index (χ1v) is 8.11. The average molecular weight is 298 g/mol. The summed E-state index contributed by atoms with van der Waals surface area (Å²) in [5, 5.41) is 10.1. The van der Waals surface area contributed by atoms with Crippen LogP contribution in [0.4, 0.5) is 0 Å². The molecule has 0 spiro atoms. The highest BCUT2D eigenvalue weighted by atomic mass is 16.6. The summed E-state index contributed by atoms with van der Waals surface area (Å²) in [5.41, 5.74) is -0.645. The Morgan fingerprint density at radius 3 is 2.14 bits per heavy atom. The van der Waals surface area contributed by atoms with Crippen LogP contribution in [0.5, 0.6) is 0 Å². The molecule has 2 aliphatic rings. The zero-order valence-electron chi connectivity index (χ0n) is 13.9. The molecular weight excluding hydrogens is 268 g/mol. The number of hydrogen-bond donors (Lipinski definition) is 1. The second-order valence-electron chi connectivity index (χ2n) is 7.65. The number of nitrogens with zero attached hydrogens (tertiary/aromatic N) is 2. The minimum Gasteiger partial charge on any atom is -0.356 e. The van der Waals surface area contributed by atoms with Crippen molar-refractivity contribution in [3.8, 4) is 0 Å². The van der Waals surface area contributed by atoms with Crippen LogP contribution >= 0.6 is 0 Å². The van der Waals surface area contributed by atoms with Crippen LogP contribution in [0.25, 0.3) is 0 Å². The van der Waals surface area contributed by atoms with Gasteiger partial charge in [-0.25, -0.2) is 0 Å². The van der Waals surface area contributed by atoms with Crippen molar-refractivity contribution in [1.29, 1.82) is 0 Å². The first-order chi connectivity index (χ1) is 9.71. The van der Waals surface area contributed by atoms with E-state index in [2.05, 4.69) is 6.92 Å². The first-order valence-electron chi connectivity index (χ1n) is 8.11. The van der Waals surface area contributed by atoms with Gasteiger partial charge in [-0.1, -0.05) is 6.92 Å². The molecule has 2 heterocycles. The number of amides is 1. The van der Waals surface area contributed by atoms with Crippen molar-refractivity contribution >= 4 is 5.91 Å². The van der Waals surface area contributed by atoms with Crippen LogP contribution < -0.4 is 0 Å². The highest BCUT2D eigenvalue weighted by molar-refractivity contribution is 5.82. The van der Waals surface area contributed by atoms with Gasteiger partial charge in [0.1, 0.15) is 0 Å². The molecule has 2 saturated heterocycles. The van der Waals surface area contributed by atoms with Crippen LogP contribution in [0.2, 0.25) is 0 Å².